The quantitative estimate of drug-likeness (QED) is 0.896. The highest BCUT2D eigenvalue weighted by atomic mass is 16.5. The topological polar surface area (TPSA) is 48.5 Å². The summed E-state index contributed by atoms with van der Waals surface area (Å²) in [5.74, 6) is 0. The number of benzene rings is 1. The van der Waals surface area contributed by atoms with E-state index in [1.165, 1.54) is 16.5 Å². The Balaban J connectivity index is 1.43. The van der Waals surface area contributed by atoms with Gasteiger partial charge in [0, 0.05) is 49.8 Å². The van der Waals surface area contributed by atoms with Gasteiger partial charge in [0.1, 0.15) is 0 Å². The van der Waals surface area contributed by atoms with Crippen LogP contribution in [0.1, 0.15) is 31.2 Å². The van der Waals surface area contributed by atoms with Crippen LogP contribution in [0, 0.1) is 0 Å². The summed E-state index contributed by atoms with van der Waals surface area (Å²) in [6, 6.07) is 8.64. The molecule has 0 bridgehead atoms. The molecule has 2 aromatic rings. The summed E-state index contributed by atoms with van der Waals surface area (Å²) < 4.78 is 6.04. The van der Waals surface area contributed by atoms with Crippen LogP contribution in [-0.4, -0.2) is 46.4 Å². The van der Waals surface area contributed by atoms with E-state index in [1.807, 2.05) is 6.20 Å². The molecule has 2 fully saturated rings. The number of H-pyrrole nitrogens is 1. The van der Waals surface area contributed by atoms with Crippen LogP contribution in [0.3, 0.4) is 0 Å². The lowest BCUT2D eigenvalue weighted by atomic mass is 9.83. The van der Waals surface area contributed by atoms with Gasteiger partial charge < -0.3 is 14.8 Å². The Labute approximate surface area is 131 Å². The molecule has 0 aliphatic carbocycles. The zero-order chi connectivity index (χ0) is 15.0. The molecule has 3 heterocycles. The van der Waals surface area contributed by atoms with Crippen molar-refractivity contribution in [1.29, 1.82) is 0 Å². The van der Waals surface area contributed by atoms with E-state index in [4.69, 9.17) is 4.74 Å². The molecule has 0 amide bonds. The predicted octanol–water partition coefficient (Wildman–Crippen LogP) is 2.67. The lowest BCUT2D eigenvalue weighted by molar-refractivity contribution is -0.143. The van der Waals surface area contributed by atoms with Gasteiger partial charge in [0.2, 0.25) is 0 Å². The number of hydrogen-bond acceptors (Lipinski definition) is 3. The smallest absolute Gasteiger partial charge is 0.0731 e. The molecule has 22 heavy (non-hydrogen) atoms. The van der Waals surface area contributed by atoms with Gasteiger partial charge >= 0.3 is 0 Å². The molecule has 4 rings (SSSR count). The largest absolute Gasteiger partial charge is 0.393 e. The Kier molecular flexibility index (Phi) is 3.68. The standard InChI is InChI=1S/C18H24N2O2/c21-15-5-11-22-18(12-15)6-9-20(10-7-18)13-14-2-1-3-17-16(14)4-8-19-17/h1-4,8,15,19,21H,5-7,9-13H2. The Bertz CT molecular complexity index is 643. The van der Waals surface area contributed by atoms with Crippen molar-refractivity contribution < 1.29 is 9.84 Å². The summed E-state index contributed by atoms with van der Waals surface area (Å²) in [5.41, 5.74) is 2.54. The monoisotopic (exact) mass is 300 g/mol. The first-order valence-electron chi connectivity index (χ1n) is 8.34. The van der Waals surface area contributed by atoms with Crippen molar-refractivity contribution in [2.24, 2.45) is 0 Å². The summed E-state index contributed by atoms with van der Waals surface area (Å²) in [4.78, 5) is 5.79. The van der Waals surface area contributed by atoms with Crippen molar-refractivity contribution in [3.8, 4) is 0 Å². The fraction of sp³-hybridized carbons (Fsp3) is 0.556. The Morgan fingerprint density at radius 2 is 2.14 bits per heavy atom. The second-order valence-electron chi connectivity index (χ2n) is 6.81. The minimum Gasteiger partial charge on any atom is -0.393 e. The van der Waals surface area contributed by atoms with E-state index in [2.05, 4.69) is 34.1 Å². The molecular weight excluding hydrogens is 276 g/mol. The van der Waals surface area contributed by atoms with Crippen molar-refractivity contribution in [2.75, 3.05) is 19.7 Å². The summed E-state index contributed by atoms with van der Waals surface area (Å²) in [5, 5.41) is 11.3. The van der Waals surface area contributed by atoms with E-state index in [9.17, 15) is 5.11 Å². The normalized spacial score (nSPS) is 25.8. The molecular formula is C18H24N2O2. The molecule has 1 aromatic heterocycles. The Hall–Kier alpha value is -1.36. The number of aliphatic hydroxyl groups excluding tert-OH is 1. The van der Waals surface area contributed by atoms with Gasteiger partial charge in [-0.15, -0.1) is 0 Å². The fourth-order valence-electron chi connectivity index (χ4n) is 4.00. The third-order valence-corrected chi connectivity index (χ3v) is 5.31. The lowest BCUT2D eigenvalue weighted by Crippen LogP contribution is -2.50. The fourth-order valence-corrected chi connectivity index (χ4v) is 4.00. The second-order valence-corrected chi connectivity index (χ2v) is 6.81. The summed E-state index contributed by atoms with van der Waals surface area (Å²) in [7, 11) is 0. The molecule has 1 atom stereocenters. The maximum Gasteiger partial charge on any atom is 0.0731 e. The van der Waals surface area contributed by atoms with E-state index in [-0.39, 0.29) is 11.7 Å². The van der Waals surface area contributed by atoms with Gasteiger partial charge in [0.25, 0.3) is 0 Å². The van der Waals surface area contributed by atoms with Crippen molar-refractivity contribution in [3.63, 3.8) is 0 Å². The van der Waals surface area contributed by atoms with Gasteiger partial charge in [-0.25, -0.2) is 0 Å². The molecule has 0 radical (unpaired) electrons. The SMILES string of the molecule is OC1CCOC2(CCN(Cc3cccc4[nH]ccc34)CC2)C1. The van der Waals surface area contributed by atoms with Crippen molar-refractivity contribution in [1.82, 2.24) is 9.88 Å². The van der Waals surface area contributed by atoms with Crippen LogP contribution < -0.4 is 0 Å². The van der Waals surface area contributed by atoms with Crippen LogP contribution >= 0.6 is 0 Å². The van der Waals surface area contributed by atoms with Crippen molar-refractivity contribution in [2.45, 2.75) is 43.9 Å². The number of aromatic amines is 1. The van der Waals surface area contributed by atoms with Crippen molar-refractivity contribution >= 4 is 10.9 Å². The molecule has 4 nitrogen and oxygen atoms in total. The van der Waals surface area contributed by atoms with E-state index in [1.54, 1.807) is 0 Å². The highest BCUT2D eigenvalue weighted by molar-refractivity contribution is 5.82. The number of ether oxygens (including phenoxy) is 1. The minimum atomic E-state index is -0.172. The number of fused-ring (bicyclic) bond motifs is 1. The first-order chi connectivity index (χ1) is 10.7. The zero-order valence-corrected chi connectivity index (χ0v) is 12.9. The third-order valence-electron chi connectivity index (χ3n) is 5.31. The number of piperidine rings is 1. The minimum absolute atomic E-state index is 0.0612. The molecule has 1 spiro atoms. The van der Waals surface area contributed by atoms with Gasteiger partial charge in [-0.05, 0) is 37.0 Å². The number of hydrogen-bond donors (Lipinski definition) is 2. The van der Waals surface area contributed by atoms with E-state index < -0.39 is 0 Å². The number of aromatic nitrogens is 1. The number of nitrogens with one attached hydrogen (secondary N) is 1. The molecule has 2 saturated heterocycles. The maximum absolute atomic E-state index is 9.93. The molecule has 0 saturated carbocycles. The van der Waals surface area contributed by atoms with Gasteiger partial charge in [-0.1, -0.05) is 12.1 Å². The van der Waals surface area contributed by atoms with Gasteiger partial charge in [-0.3, -0.25) is 4.90 Å². The molecule has 1 unspecified atom stereocenters. The van der Waals surface area contributed by atoms with Crippen LogP contribution in [0.2, 0.25) is 0 Å². The summed E-state index contributed by atoms with van der Waals surface area (Å²) in [6.07, 6.45) is 5.51. The third kappa shape index (κ3) is 2.67. The highest BCUT2D eigenvalue weighted by Crippen LogP contribution is 2.35. The number of likely N-dealkylation sites (tertiary alicyclic amines) is 1. The van der Waals surface area contributed by atoms with Gasteiger partial charge in [0.15, 0.2) is 0 Å². The average molecular weight is 300 g/mol. The van der Waals surface area contributed by atoms with E-state index in [0.717, 1.165) is 45.3 Å². The molecule has 118 valence electrons. The van der Waals surface area contributed by atoms with Gasteiger partial charge in [0.05, 0.1) is 11.7 Å². The first-order valence-corrected chi connectivity index (χ1v) is 8.34. The van der Waals surface area contributed by atoms with Crippen LogP contribution in [0.5, 0.6) is 0 Å². The van der Waals surface area contributed by atoms with E-state index in [0.29, 0.717) is 6.61 Å². The number of nitrogens with zero attached hydrogens (tertiary/aromatic N) is 1. The lowest BCUT2D eigenvalue weighted by Gasteiger charge is -2.45. The molecule has 1 aromatic carbocycles. The van der Waals surface area contributed by atoms with Crippen LogP contribution in [0.4, 0.5) is 0 Å². The van der Waals surface area contributed by atoms with E-state index >= 15 is 0 Å². The first kappa shape index (κ1) is 14.2. The molecule has 4 heteroatoms. The summed E-state index contributed by atoms with van der Waals surface area (Å²) >= 11 is 0. The summed E-state index contributed by atoms with van der Waals surface area (Å²) in [6.45, 7) is 3.80. The Morgan fingerprint density at radius 1 is 1.27 bits per heavy atom. The predicted molar refractivity (Wildman–Crippen MR) is 86.7 cm³/mol. The maximum atomic E-state index is 9.93. The molecule has 2 N–H and O–H groups in total. The number of rotatable bonds is 2. The highest BCUT2D eigenvalue weighted by Gasteiger charge is 2.39. The molecule has 2 aliphatic rings. The van der Waals surface area contributed by atoms with Crippen LogP contribution in [0.25, 0.3) is 10.9 Å². The van der Waals surface area contributed by atoms with Crippen LogP contribution in [0.15, 0.2) is 30.5 Å². The van der Waals surface area contributed by atoms with Crippen molar-refractivity contribution in [3.05, 3.63) is 36.0 Å². The second kappa shape index (κ2) is 5.69. The average Bonchev–Trinajstić information content (AvgIpc) is 2.99. The Morgan fingerprint density at radius 3 is 2.95 bits per heavy atom. The van der Waals surface area contributed by atoms with Gasteiger partial charge in [-0.2, -0.15) is 0 Å². The van der Waals surface area contributed by atoms with Crippen LogP contribution in [-0.2, 0) is 11.3 Å². The number of aliphatic hydroxyl groups is 1. The molecule has 2 aliphatic heterocycles. The zero-order valence-electron chi connectivity index (χ0n) is 12.9.